The molecular formula is C20H24N2O2. The molecule has 1 aromatic carbocycles. The molecular weight excluding hydrogens is 300 g/mol. The van der Waals surface area contributed by atoms with E-state index in [1.807, 2.05) is 24.3 Å². The maximum Gasteiger partial charge on any atom is 0.269 e. The predicted molar refractivity (Wildman–Crippen MR) is 94.2 cm³/mol. The summed E-state index contributed by atoms with van der Waals surface area (Å²) in [6.45, 7) is 3.95. The maximum absolute atomic E-state index is 12.1. The summed E-state index contributed by atoms with van der Waals surface area (Å²) in [6.07, 6.45) is 6.41. The first-order valence-electron chi connectivity index (χ1n) is 8.68. The first-order valence-corrected chi connectivity index (χ1v) is 8.68. The Labute approximate surface area is 142 Å². The van der Waals surface area contributed by atoms with Crippen LogP contribution in [0.25, 0.3) is 0 Å². The van der Waals surface area contributed by atoms with Crippen LogP contribution >= 0.6 is 0 Å². The maximum atomic E-state index is 12.1. The highest BCUT2D eigenvalue weighted by Gasteiger charge is 2.29. The molecule has 0 radical (unpaired) electrons. The van der Waals surface area contributed by atoms with Gasteiger partial charge in [0.25, 0.3) is 5.56 Å². The average molecular weight is 324 g/mol. The Morgan fingerprint density at radius 1 is 1.21 bits per heavy atom. The molecule has 4 heteroatoms. The molecule has 0 bridgehead atoms. The number of hydrogen-bond donors (Lipinski definition) is 0. The van der Waals surface area contributed by atoms with Crippen LogP contribution in [-0.4, -0.2) is 15.6 Å². The number of rotatable bonds is 5. The van der Waals surface area contributed by atoms with Crippen LogP contribution in [0, 0.1) is 12.8 Å². The molecule has 1 saturated carbocycles. The van der Waals surface area contributed by atoms with E-state index < -0.39 is 0 Å². The van der Waals surface area contributed by atoms with Crippen molar-refractivity contribution in [1.29, 1.82) is 0 Å². The third-order valence-electron chi connectivity index (χ3n) is 5.08. The zero-order valence-electron chi connectivity index (χ0n) is 14.4. The molecule has 1 unspecified atom stereocenters. The van der Waals surface area contributed by atoms with E-state index >= 15 is 0 Å². The van der Waals surface area contributed by atoms with Crippen molar-refractivity contribution in [3.63, 3.8) is 0 Å². The molecule has 1 aliphatic rings. The van der Waals surface area contributed by atoms with E-state index in [9.17, 15) is 9.59 Å². The first-order chi connectivity index (χ1) is 11.6. The molecule has 126 valence electrons. The van der Waals surface area contributed by atoms with Gasteiger partial charge in [0.1, 0.15) is 5.78 Å². The Hall–Kier alpha value is -2.23. The van der Waals surface area contributed by atoms with Crippen LogP contribution in [0.2, 0.25) is 0 Å². The SMILES string of the molecule is CC(=O)C(c1ccc(Cn2nccc(C)c2=O)cc1)C1CCCC1. The van der Waals surface area contributed by atoms with Crippen molar-refractivity contribution in [3.8, 4) is 0 Å². The van der Waals surface area contributed by atoms with Crippen LogP contribution < -0.4 is 5.56 Å². The van der Waals surface area contributed by atoms with Crippen molar-refractivity contribution in [2.75, 3.05) is 0 Å². The summed E-state index contributed by atoms with van der Waals surface area (Å²) in [5.41, 5.74) is 2.75. The van der Waals surface area contributed by atoms with E-state index in [2.05, 4.69) is 5.10 Å². The molecule has 1 aromatic heterocycles. The standard InChI is InChI=1S/C20H24N2O2/c1-14-11-12-21-22(20(14)24)13-16-7-9-18(10-8-16)19(15(2)23)17-5-3-4-6-17/h7-12,17,19H,3-6,13H2,1-2H3. The number of nitrogens with zero attached hydrogens (tertiary/aromatic N) is 2. The normalized spacial score (nSPS) is 16.2. The summed E-state index contributed by atoms with van der Waals surface area (Å²) >= 11 is 0. The lowest BCUT2D eigenvalue weighted by Gasteiger charge is -2.21. The van der Waals surface area contributed by atoms with Gasteiger partial charge in [-0.25, -0.2) is 4.68 Å². The second-order valence-corrected chi connectivity index (χ2v) is 6.85. The van der Waals surface area contributed by atoms with Gasteiger partial charge in [0.15, 0.2) is 0 Å². The molecule has 1 aliphatic carbocycles. The summed E-state index contributed by atoms with van der Waals surface area (Å²) in [7, 11) is 0. The van der Waals surface area contributed by atoms with Crippen molar-refractivity contribution < 1.29 is 4.79 Å². The molecule has 0 amide bonds. The number of hydrogen-bond acceptors (Lipinski definition) is 3. The van der Waals surface area contributed by atoms with Gasteiger partial charge in [0, 0.05) is 17.7 Å². The van der Waals surface area contributed by atoms with Crippen LogP contribution in [0.4, 0.5) is 0 Å². The van der Waals surface area contributed by atoms with E-state index in [1.165, 1.54) is 17.5 Å². The Kier molecular flexibility index (Phi) is 4.93. The van der Waals surface area contributed by atoms with E-state index in [-0.39, 0.29) is 17.3 Å². The minimum Gasteiger partial charge on any atom is -0.299 e. The highest BCUT2D eigenvalue weighted by atomic mass is 16.1. The van der Waals surface area contributed by atoms with Crippen molar-refractivity contribution in [1.82, 2.24) is 9.78 Å². The van der Waals surface area contributed by atoms with Gasteiger partial charge in [0.05, 0.1) is 6.54 Å². The predicted octanol–water partition coefficient (Wildman–Crippen LogP) is 3.46. The number of benzene rings is 1. The molecule has 0 N–H and O–H groups in total. The minimum atomic E-state index is -0.0610. The summed E-state index contributed by atoms with van der Waals surface area (Å²) in [6, 6.07) is 9.83. The highest BCUT2D eigenvalue weighted by Crippen LogP contribution is 2.37. The van der Waals surface area contributed by atoms with Gasteiger partial charge >= 0.3 is 0 Å². The fourth-order valence-electron chi connectivity index (χ4n) is 3.80. The quantitative estimate of drug-likeness (QED) is 0.846. The minimum absolute atomic E-state index is 0.0152. The summed E-state index contributed by atoms with van der Waals surface area (Å²) in [5.74, 6) is 0.752. The lowest BCUT2D eigenvalue weighted by Crippen LogP contribution is -2.24. The summed E-state index contributed by atoms with van der Waals surface area (Å²) in [5, 5.41) is 4.13. The van der Waals surface area contributed by atoms with E-state index in [0.29, 0.717) is 18.0 Å². The van der Waals surface area contributed by atoms with Crippen molar-refractivity contribution in [3.05, 3.63) is 63.6 Å². The van der Waals surface area contributed by atoms with Crippen molar-refractivity contribution in [2.24, 2.45) is 5.92 Å². The zero-order valence-corrected chi connectivity index (χ0v) is 14.4. The monoisotopic (exact) mass is 324 g/mol. The zero-order chi connectivity index (χ0) is 17.1. The number of carbonyl (C=O) groups is 1. The summed E-state index contributed by atoms with van der Waals surface area (Å²) < 4.78 is 1.48. The van der Waals surface area contributed by atoms with E-state index in [4.69, 9.17) is 0 Å². The van der Waals surface area contributed by atoms with Crippen LogP contribution in [0.1, 0.15) is 55.2 Å². The van der Waals surface area contributed by atoms with Crippen LogP contribution in [-0.2, 0) is 11.3 Å². The Morgan fingerprint density at radius 2 is 1.88 bits per heavy atom. The second-order valence-electron chi connectivity index (χ2n) is 6.85. The summed E-state index contributed by atoms with van der Waals surface area (Å²) in [4.78, 5) is 24.2. The van der Waals surface area contributed by atoms with Crippen LogP contribution in [0.5, 0.6) is 0 Å². The van der Waals surface area contributed by atoms with E-state index in [0.717, 1.165) is 24.0 Å². The third-order valence-corrected chi connectivity index (χ3v) is 5.08. The second kappa shape index (κ2) is 7.12. The van der Waals surface area contributed by atoms with Crippen LogP contribution in [0.3, 0.4) is 0 Å². The fraction of sp³-hybridized carbons (Fsp3) is 0.450. The van der Waals surface area contributed by atoms with Gasteiger partial charge in [-0.3, -0.25) is 9.59 Å². The average Bonchev–Trinajstić information content (AvgIpc) is 3.07. The van der Waals surface area contributed by atoms with E-state index in [1.54, 1.807) is 26.1 Å². The lowest BCUT2D eigenvalue weighted by molar-refractivity contribution is -0.119. The molecule has 3 rings (SSSR count). The molecule has 0 spiro atoms. The Bertz CT molecular complexity index is 771. The Morgan fingerprint density at radius 3 is 2.50 bits per heavy atom. The largest absolute Gasteiger partial charge is 0.299 e. The lowest BCUT2D eigenvalue weighted by atomic mass is 9.82. The Balaban J connectivity index is 1.80. The highest BCUT2D eigenvalue weighted by molar-refractivity contribution is 5.83. The van der Waals surface area contributed by atoms with Crippen LogP contribution in [0.15, 0.2) is 41.3 Å². The van der Waals surface area contributed by atoms with Gasteiger partial charge < -0.3 is 0 Å². The first kappa shape index (κ1) is 16.6. The van der Waals surface area contributed by atoms with Gasteiger partial charge in [0.2, 0.25) is 0 Å². The number of Topliss-reactive ketones (excluding diaryl/α,β-unsaturated/α-hetero) is 1. The number of carbonyl (C=O) groups excluding carboxylic acids is 1. The molecule has 1 heterocycles. The van der Waals surface area contributed by atoms with Gasteiger partial charge in [-0.2, -0.15) is 5.10 Å². The molecule has 1 atom stereocenters. The number of aromatic nitrogens is 2. The smallest absolute Gasteiger partial charge is 0.269 e. The van der Waals surface area contributed by atoms with Gasteiger partial charge in [-0.15, -0.1) is 0 Å². The van der Waals surface area contributed by atoms with Gasteiger partial charge in [-0.05, 0) is 49.8 Å². The molecule has 24 heavy (non-hydrogen) atoms. The number of ketones is 1. The molecule has 2 aromatic rings. The third kappa shape index (κ3) is 3.48. The molecule has 1 fully saturated rings. The topological polar surface area (TPSA) is 52.0 Å². The molecule has 0 aliphatic heterocycles. The van der Waals surface area contributed by atoms with Gasteiger partial charge in [-0.1, -0.05) is 37.1 Å². The molecule has 0 saturated heterocycles. The molecule has 4 nitrogen and oxygen atoms in total. The van der Waals surface area contributed by atoms with Crippen molar-refractivity contribution in [2.45, 2.75) is 52.0 Å². The fourth-order valence-corrected chi connectivity index (χ4v) is 3.80. The number of aryl methyl sites for hydroxylation is 1. The van der Waals surface area contributed by atoms with Crippen molar-refractivity contribution >= 4 is 5.78 Å².